The molecular weight excluding hydrogens is 428 g/mol. The number of alkyl halides is 1. The number of aromatic hydroxyl groups is 1. The number of hydrogen-bond acceptors (Lipinski definition) is 4. The first kappa shape index (κ1) is 20.4. The zero-order chi connectivity index (χ0) is 22.4. The van der Waals surface area contributed by atoms with Crippen LogP contribution in [0.3, 0.4) is 0 Å². The Kier molecular flexibility index (Phi) is 5.02. The number of H-pyrrole nitrogens is 1. The molecule has 0 bridgehead atoms. The van der Waals surface area contributed by atoms with E-state index in [1.54, 1.807) is 42.2 Å². The number of fused-ring (bicyclic) bond motifs is 4. The molecule has 0 radical (unpaired) electrons. The van der Waals surface area contributed by atoms with Crippen LogP contribution in [0.15, 0.2) is 54.6 Å². The Morgan fingerprint density at radius 1 is 1.16 bits per heavy atom. The van der Waals surface area contributed by atoms with Crippen LogP contribution in [-0.2, 0) is 4.74 Å². The Labute approximate surface area is 189 Å². The number of halogens is 1. The smallest absolute Gasteiger partial charge is 0.338 e. The SMILES string of the molecule is CCOC(=O)c1ccc2[nH]c(C(=O)N3CC(CCl)c4c3cc(O)c3ccccc43)cc2c1. The number of nitrogens with one attached hydrogen (secondary N) is 1. The van der Waals surface area contributed by atoms with Crippen LogP contribution in [0, 0.1) is 0 Å². The summed E-state index contributed by atoms with van der Waals surface area (Å²) < 4.78 is 5.06. The van der Waals surface area contributed by atoms with Crippen LogP contribution in [0.5, 0.6) is 5.75 Å². The summed E-state index contributed by atoms with van der Waals surface area (Å²) in [6.07, 6.45) is 0. The fraction of sp³-hybridized carbons (Fsp3) is 0.200. The van der Waals surface area contributed by atoms with Crippen molar-refractivity contribution in [3.63, 3.8) is 0 Å². The predicted octanol–water partition coefficient (Wildman–Crippen LogP) is 5.19. The van der Waals surface area contributed by atoms with E-state index in [1.807, 2.05) is 24.3 Å². The molecule has 1 aliphatic heterocycles. The van der Waals surface area contributed by atoms with Gasteiger partial charge in [-0.3, -0.25) is 4.79 Å². The lowest BCUT2D eigenvalue weighted by Gasteiger charge is -2.17. The Balaban J connectivity index is 1.56. The van der Waals surface area contributed by atoms with E-state index >= 15 is 0 Å². The second-order valence-electron chi connectivity index (χ2n) is 7.85. The maximum atomic E-state index is 13.5. The summed E-state index contributed by atoms with van der Waals surface area (Å²) in [6, 6.07) is 16.1. The number of benzene rings is 3. The van der Waals surface area contributed by atoms with Gasteiger partial charge in [-0.2, -0.15) is 0 Å². The minimum absolute atomic E-state index is 0.0408. The number of carbonyl (C=O) groups is 2. The van der Waals surface area contributed by atoms with Gasteiger partial charge in [0.25, 0.3) is 5.91 Å². The van der Waals surface area contributed by atoms with Gasteiger partial charge in [0.15, 0.2) is 0 Å². The van der Waals surface area contributed by atoms with Crippen LogP contribution in [0.2, 0.25) is 0 Å². The number of anilines is 1. The fourth-order valence-corrected chi connectivity index (χ4v) is 4.73. The first-order chi connectivity index (χ1) is 15.5. The molecule has 0 fully saturated rings. The molecule has 1 amide bonds. The highest BCUT2D eigenvalue weighted by molar-refractivity contribution is 6.19. The van der Waals surface area contributed by atoms with E-state index in [2.05, 4.69) is 4.98 Å². The third-order valence-electron chi connectivity index (χ3n) is 5.94. The van der Waals surface area contributed by atoms with Crippen molar-refractivity contribution in [2.24, 2.45) is 0 Å². The molecule has 0 aliphatic carbocycles. The van der Waals surface area contributed by atoms with E-state index < -0.39 is 5.97 Å². The Morgan fingerprint density at radius 2 is 1.94 bits per heavy atom. The number of phenolic OH excluding ortho intramolecular Hbond substituents is 1. The lowest BCUT2D eigenvalue weighted by Crippen LogP contribution is -2.30. The quantitative estimate of drug-likeness (QED) is 0.332. The van der Waals surface area contributed by atoms with Crippen LogP contribution >= 0.6 is 11.6 Å². The van der Waals surface area contributed by atoms with Gasteiger partial charge in [0, 0.05) is 40.7 Å². The number of aromatic nitrogens is 1. The monoisotopic (exact) mass is 448 g/mol. The maximum Gasteiger partial charge on any atom is 0.338 e. The molecule has 5 rings (SSSR count). The van der Waals surface area contributed by atoms with E-state index in [1.165, 1.54) is 0 Å². The summed E-state index contributed by atoms with van der Waals surface area (Å²) in [5.74, 6) is -0.170. The lowest BCUT2D eigenvalue weighted by molar-refractivity contribution is 0.0526. The molecule has 1 aliphatic rings. The Bertz CT molecular complexity index is 1380. The summed E-state index contributed by atoms with van der Waals surface area (Å²) in [5, 5.41) is 13.0. The van der Waals surface area contributed by atoms with Crippen molar-refractivity contribution in [3.8, 4) is 5.75 Å². The van der Waals surface area contributed by atoms with Gasteiger partial charge >= 0.3 is 5.97 Å². The van der Waals surface area contributed by atoms with Gasteiger partial charge in [-0.05, 0) is 42.1 Å². The van der Waals surface area contributed by atoms with Crippen LogP contribution in [0.4, 0.5) is 5.69 Å². The van der Waals surface area contributed by atoms with Crippen LogP contribution in [0.1, 0.15) is 39.3 Å². The summed E-state index contributed by atoms with van der Waals surface area (Å²) >= 11 is 6.28. The maximum absolute atomic E-state index is 13.5. The number of carbonyl (C=O) groups excluding carboxylic acids is 2. The van der Waals surface area contributed by atoms with E-state index in [0.29, 0.717) is 36.0 Å². The first-order valence-corrected chi connectivity index (χ1v) is 11.0. The first-order valence-electron chi connectivity index (χ1n) is 10.4. The largest absolute Gasteiger partial charge is 0.507 e. The molecule has 1 aromatic heterocycles. The highest BCUT2D eigenvalue weighted by Gasteiger charge is 2.35. The third-order valence-corrected chi connectivity index (χ3v) is 6.31. The number of rotatable bonds is 4. The molecule has 32 heavy (non-hydrogen) atoms. The van der Waals surface area contributed by atoms with E-state index in [0.717, 1.165) is 27.2 Å². The average molecular weight is 449 g/mol. The zero-order valence-corrected chi connectivity index (χ0v) is 18.1. The Hall–Kier alpha value is -3.51. The Morgan fingerprint density at radius 3 is 2.69 bits per heavy atom. The second-order valence-corrected chi connectivity index (χ2v) is 8.16. The minimum atomic E-state index is -0.399. The summed E-state index contributed by atoms with van der Waals surface area (Å²) in [5.41, 5.74) is 3.22. The summed E-state index contributed by atoms with van der Waals surface area (Å²) in [6.45, 7) is 2.48. The highest BCUT2D eigenvalue weighted by atomic mass is 35.5. The predicted molar refractivity (Wildman–Crippen MR) is 125 cm³/mol. The van der Waals surface area contributed by atoms with Crippen molar-refractivity contribution in [2.75, 3.05) is 23.9 Å². The summed E-state index contributed by atoms with van der Waals surface area (Å²) in [7, 11) is 0. The number of aromatic amines is 1. The average Bonchev–Trinajstić information content (AvgIpc) is 3.40. The molecule has 4 aromatic rings. The molecule has 162 valence electrons. The minimum Gasteiger partial charge on any atom is -0.507 e. The molecule has 7 heteroatoms. The number of ether oxygens (including phenoxy) is 1. The van der Waals surface area contributed by atoms with Gasteiger partial charge in [0.05, 0.1) is 17.9 Å². The van der Waals surface area contributed by atoms with Crippen LogP contribution < -0.4 is 4.90 Å². The molecule has 6 nitrogen and oxygen atoms in total. The standard InChI is InChI=1S/C25H21ClN2O4/c1-2-32-25(31)14-7-8-19-15(9-14)10-20(27-19)24(30)28-13-16(12-26)23-18-6-4-3-5-17(18)22(29)11-21(23)28/h3-11,16,27,29H,2,12-13H2,1H3. The van der Waals surface area contributed by atoms with Gasteiger partial charge in [0.2, 0.25) is 0 Å². The molecule has 1 atom stereocenters. The molecule has 0 spiro atoms. The highest BCUT2D eigenvalue weighted by Crippen LogP contribution is 2.45. The van der Waals surface area contributed by atoms with Crippen molar-refractivity contribution in [3.05, 3.63) is 71.4 Å². The molecule has 2 N–H and O–H groups in total. The number of amides is 1. The third kappa shape index (κ3) is 3.19. The lowest BCUT2D eigenvalue weighted by atomic mass is 9.95. The van der Waals surface area contributed by atoms with Gasteiger partial charge in [0.1, 0.15) is 11.4 Å². The van der Waals surface area contributed by atoms with Gasteiger partial charge in [-0.1, -0.05) is 24.3 Å². The van der Waals surface area contributed by atoms with Crippen LogP contribution in [-0.4, -0.2) is 41.0 Å². The van der Waals surface area contributed by atoms with Gasteiger partial charge in [-0.25, -0.2) is 4.79 Å². The van der Waals surface area contributed by atoms with E-state index in [4.69, 9.17) is 16.3 Å². The zero-order valence-electron chi connectivity index (χ0n) is 17.4. The molecule has 2 heterocycles. The molecule has 1 unspecified atom stereocenters. The number of hydrogen-bond donors (Lipinski definition) is 2. The fourth-order valence-electron chi connectivity index (χ4n) is 4.48. The van der Waals surface area contributed by atoms with Gasteiger partial charge in [-0.15, -0.1) is 11.6 Å². The second kappa shape index (κ2) is 7.88. The van der Waals surface area contributed by atoms with E-state index in [9.17, 15) is 14.7 Å². The molecule has 3 aromatic carbocycles. The van der Waals surface area contributed by atoms with Crippen molar-refractivity contribution in [1.82, 2.24) is 4.98 Å². The topological polar surface area (TPSA) is 82.6 Å². The van der Waals surface area contributed by atoms with Crippen LogP contribution in [0.25, 0.3) is 21.7 Å². The summed E-state index contributed by atoms with van der Waals surface area (Å²) in [4.78, 5) is 30.3. The van der Waals surface area contributed by atoms with Crippen molar-refractivity contribution >= 4 is 50.8 Å². The molecule has 0 saturated carbocycles. The number of esters is 1. The number of phenols is 1. The number of nitrogens with zero attached hydrogens (tertiary/aromatic N) is 1. The van der Waals surface area contributed by atoms with E-state index in [-0.39, 0.29) is 17.6 Å². The van der Waals surface area contributed by atoms with Crippen molar-refractivity contribution in [2.45, 2.75) is 12.8 Å². The van der Waals surface area contributed by atoms with Gasteiger partial charge < -0.3 is 19.7 Å². The molecular formula is C25H21ClN2O4. The normalized spacial score (nSPS) is 15.3. The van der Waals surface area contributed by atoms with Crippen molar-refractivity contribution in [1.29, 1.82) is 0 Å². The van der Waals surface area contributed by atoms with Crippen molar-refractivity contribution < 1.29 is 19.4 Å². The molecule has 0 saturated heterocycles.